The minimum absolute atomic E-state index is 0.608. The number of rotatable bonds is 4. The van der Waals surface area contributed by atoms with Crippen LogP contribution in [-0.2, 0) is 14.4 Å². The van der Waals surface area contributed by atoms with E-state index in [1.54, 1.807) is 48.5 Å². The van der Waals surface area contributed by atoms with Crippen LogP contribution in [-0.4, -0.2) is 28.3 Å². The van der Waals surface area contributed by atoms with Crippen LogP contribution in [0, 0.1) is 5.92 Å². The highest BCUT2D eigenvalue weighted by atomic mass is 16.7. The largest absolute Gasteiger partial charge is 0.481 e. The summed E-state index contributed by atoms with van der Waals surface area (Å²) in [4.78, 5) is 28.7. The molecule has 3 atom stereocenters. The number of para-hydroxylation sites is 1. The van der Waals surface area contributed by atoms with E-state index < -0.39 is 30.0 Å². The van der Waals surface area contributed by atoms with Crippen LogP contribution in [0.15, 0.2) is 60.7 Å². The molecule has 0 saturated carbocycles. The molecule has 0 spiro atoms. The van der Waals surface area contributed by atoms with Gasteiger partial charge in [0, 0.05) is 0 Å². The molecule has 2 aromatic rings. The molecule has 1 heterocycles. The van der Waals surface area contributed by atoms with Gasteiger partial charge in [0.05, 0.1) is 11.7 Å². The van der Waals surface area contributed by atoms with Crippen LogP contribution in [0.4, 0.5) is 5.69 Å². The standard InChI is InChI=1S/C17H15NO5/c19-16(20)13-14(11-7-3-1-4-8-11)18(23-15(13)17(21)22)12-9-5-2-6-10-12/h1-10,13-15H,(H,19,20)(H,21,22)/t13-,14+,15-/m1/s1. The number of hydrogen-bond acceptors (Lipinski definition) is 4. The molecule has 3 rings (SSSR count). The first-order valence-electron chi connectivity index (χ1n) is 7.11. The van der Waals surface area contributed by atoms with Crippen LogP contribution in [0.3, 0.4) is 0 Å². The highest BCUT2D eigenvalue weighted by Crippen LogP contribution is 2.42. The number of aliphatic carboxylic acids is 2. The Labute approximate surface area is 132 Å². The smallest absolute Gasteiger partial charge is 0.336 e. The first-order valence-corrected chi connectivity index (χ1v) is 7.11. The van der Waals surface area contributed by atoms with Gasteiger partial charge in [0.1, 0.15) is 5.92 Å². The molecule has 23 heavy (non-hydrogen) atoms. The fraction of sp³-hybridized carbons (Fsp3) is 0.176. The lowest BCUT2D eigenvalue weighted by Crippen LogP contribution is -2.34. The number of hydroxylamine groups is 1. The minimum atomic E-state index is -1.45. The normalized spacial score (nSPS) is 23.7. The van der Waals surface area contributed by atoms with Gasteiger partial charge in [-0.2, -0.15) is 0 Å². The first-order chi connectivity index (χ1) is 11.1. The molecule has 0 aromatic heterocycles. The van der Waals surface area contributed by atoms with Crippen LogP contribution in [0.25, 0.3) is 0 Å². The quantitative estimate of drug-likeness (QED) is 0.901. The monoisotopic (exact) mass is 313 g/mol. The average molecular weight is 313 g/mol. The van der Waals surface area contributed by atoms with Gasteiger partial charge in [-0.1, -0.05) is 48.5 Å². The number of nitrogens with zero attached hydrogens (tertiary/aromatic N) is 1. The zero-order valence-corrected chi connectivity index (χ0v) is 12.1. The summed E-state index contributed by atoms with van der Waals surface area (Å²) < 4.78 is 0. The van der Waals surface area contributed by atoms with Crippen molar-refractivity contribution >= 4 is 17.6 Å². The fourth-order valence-electron chi connectivity index (χ4n) is 2.82. The van der Waals surface area contributed by atoms with Gasteiger partial charge in [0.25, 0.3) is 0 Å². The fourth-order valence-corrected chi connectivity index (χ4v) is 2.82. The number of benzene rings is 2. The SMILES string of the molecule is O=C(O)[C@H]1[C@H](C(=O)O)ON(c2ccccc2)[C@H]1c1ccccc1. The number of carbonyl (C=O) groups is 2. The average Bonchev–Trinajstić information content (AvgIpc) is 2.97. The van der Waals surface area contributed by atoms with Crippen molar-refractivity contribution in [3.05, 3.63) is 66.2 Å². The van der Waals surface area contributed by atoms with Crippen LogP contribution in [0.5, 0.6) is 0 Å². The second-order valence-corrected chi connectivity index (χ2v) is 5.25. The third kappa shape index (κ3) is 2.76. The molecule has 2 N–H and O–H groups in total. The topological polar surface area (TPSA) is 87.1 Å². The minimum Gasteiger partial charge on any atom is -0.481 e. The summed E-state index contributed by atoms with van der Waals surface area (Å²) in [7, 11) is 0. The number of anilines is 1. The molecule has 1 fully saturated rings. The molecule has 0 radical (unpaired) electrons. The van der Waals surface area contributed by atoms with Crippen molar-refractivity contribution in [2.24, 2.45) is 5.92 Å². The Morgan fingerprint density at radius 1 is 0.870 bits per heavy atom. The molecule has 6 nitrogen and oxygen atoms in total. The van der Waals surface area contributed by atoms with Gasteiger partial charge in [0.2, 0.25) is 0 Å². The molecule has 6 heteroatoms. The molecule has 0 aliphatic carbocycles. The lowest BCUT2D eigenvalue weighted by Gasteiger charge is -2.26. The lowest BCUT2D eigenvalue weighted by molar-refractivity contribution is -0.157. The van der Waals surface area contributed by atoms with E-state index in [0.29, 0.717) is 11.3 Å². The first kappa shape index (κ1) is 15.1. The van der Waals surface area contributed by atoms with Crippen molar-refractivity contribution in [3.63, 3.8) is 0 Å². The van der Waals surface area contributed by atoms with Crippen LogP contribution in [0.2, 0.25) is 0 Å². The molecular weight excluding hydrogens is 298 g/mol. The summed E-state index contributed by atoms with van der Waals surface area (Å²) in [6.45, 7) is 0. The summed E-state index contributed by atoms with van der Waals surface area (Å²) in [5.74, 6) is -3.71. The van der Waals surface area contributed by atoms with Crippen molar-refractivity contribution in [2.45, 2.75) is 12.1 Å². The molecule has 1 aliphatic heterocycles. The maximum Gasteiger partial charge on any atom is 0.336 e. The van der Waals surface area contributed by atoms with Gasteiger partial charge in [-0.05, 0) is 17.7 Å². The molecule has 2 aromatic carbocycles. The molecule has 0 unspecified atom stereocenters. The van der Waals surface area contributed by atoms with Crippen molar-refractivity contribution in [1.82, 2.24) is 0 Å². The predicted octanol–water partition coefficient (Wildman–Crippen LogP) is 2.33. The van der Waals surface area contributed by atoms with E-state index >= 15 is 0 Å². The highest BCUT2D eigenvalue weighted by molar-refractivity contribution is 5.84. The molecule has 118 valence electrons. The van der Waals surface area contributed by atoms with Crippen molar-refractivity contribution in [2.75, 3.05) is 5.06 Å². The predicted molar refractivity (Wildman–Crippen MR) is 81.7 cm³/mol. The van der Waals surface area contributed by atoms with E-state index in [2.05, 4.69) is 0 Å². The molecule has 1 saturated heterocycles. The maximum atomic E-state index is 11.7. The Hall–Kier alpha value is -2.86. The van der Waals surface area contributed by atoms with Gasteiger partial charge < -0.3 is 10.2 Å². The van der Waals surface area contributed by atoms with Gasteiger partial charge in [0.15, 0.2) is 6.10 Å². The van der Waals surface area contributed by atoms with Crippen molar-refractivity contribution in [1.29, 1.82) is 0 Å². The zero-order valence-electron chi connectivity index (χ0n) is 12.1. The van der Waals surface area contributed by atoms with E-state index in [1.165, 1.54) is 5.06 Å². The molecule has 0 bridgehead atoms. The molecule has 1 aliphatic rings. The summed E-state index contributed by atoms with van der Waals surface area (Å²) in [5, 5.41) is 20.3. The summed E-state index contributed by atoms with van der Waals surface area (Å²) in [6.07, 6.45) is -1.45. The summed E-state index contributed by atoms with van der Waals surface area (Å²) in [5.41, 5.74) is 1.30. The number of hydrogen-bond donors (Lipinski definition) is 2. The second-order valence-electron chi connectivity index (χ2n) is 5.25. The Balaban J connectivity index is 2.10. The highest BCUT2D eigenvalue weighted by Gasteiger charge is 2.52. The number of carboxylic acids is 2. The van der Waals surface area contributed by atoms with E-state index in [4.69, 9.17) is 4.84 Å². The Morgan fingerprint density at radius 3 is 1.96 bits per heavy atom. The van der Waals surface area contributed by atoms with Gasteiger partial charge in [-0.3, -0.25) is 9.63 Å². The maximum absolute atomic E-state index is 11.7. The lowest BCUT2D eigenvalue weighted by atomic mass is 9.89. The Morgan fingerprint density at radius 2 is 1.43 bits per heavy atom. The van der Waals surface area contributed by atoms with Crippen LogP contribution in [0.1, 0.15) is 11.6 Å². The van der Waals surface area contributed by atoms with Crippen LogP contribution < -0.4 is 5.06 Å². The van der Waals surface area contributed by atoms with Gasteiger partial charge >= 0.3 is 11.9 Å². The second kappa shape index (κ2) is 6.10. The Bertz CT molecular complexity index is 703. The van der Waals surface area contributed by atoms with Crippen LogP contribution >= 0.6 is 0 Å². The van der Waals surface area contributed by atoms with E-state index in [-0.39, 0.29) is 0 Å². The van der Waals surface area contributed by atoms with Crippen molar-refractivity contribution in [3.8, 4) is 0 Å². The van der Waals surface area contributed by atoms with E-state index in [0.717, 1.165) is 0 Å². The molecule has 0 amide bonds. The Kier molecular flexibility index (Phi) is 3.99. The van der Waals surface area contributed by atoms with Gasteiger partial charge in [-0.25, -0.2) is 9.86 Å². The third-order valence-electron chi connectivity index (χ3n) is 3.83. The summed E-state index contributed by atoms with van der Waals surface area (Å²) in [6, 6.07) is 17.1. The third-order valence-corrected chi connectivity index (χ3v) is 3.83. The van der Waals surface area contributed by atoms with Gasteiger partial charge in [-0.15, -0.1) is 0 Å². The van der Waals surface area contributed by atoms with Crippen molar-refractivity contribution < 1.29 is 24.6 Å². The zero-order chi connectivity index (χ0) is 16.4. The van der Waals surface area contributed by atoms with E-state index in [1.807, 2.05) is 12.1 Å². The number of carboxylic acid groups (broad SMARTS) is 2. The van der Waals surface area contributed by atoms with E-state index in [9.17, 15) is 19.8 Å². The summed E-state index contributed by atoms with van der Waals surface area (Å²) >= 11 is 0. The molecular formula is C17H15NO5.